The summed E-state index contributed by atoms with van der Waals surface area (Å²) in [6.45, 7) is 1.70. The highest BCUT2D eigenvalue weighted by molar-refractivity contribution is 5.77. The van der Waals surface area contributed by atoms with Crippen molar-refractivity contribution in [3.8, 4) is 0 Å². The van der Waals surface area contributed by atoms with Crippen molar-refractivity contribution in [2.24, 2.45) is 5.73 Å². The molecule has 54 valence electrons. The first-order chi connectivity index (χ1) is 4.20. The number of nitrogens with one attached hydrogen (secondary N) is 1. The fraction of sp³-hybridized carbons (Fsp3) is 0.800. The Hall–Kier alpha value is -0.610. The zero-order valence-electron chi connectivity index (χ0n) is 5.42. The van der Waals surface area contributed by atoms with Gasteiger partial charge in [-0.15, -0.1) is 0 Å². The minimum absolute atomic E-state index is 0.0513. The fourth-order valence-electron chi connectivity index (χ4n) is 0.379. The van der Waals surface area contributed by atoms with Gasteiger partial charge in [-0.2, -0.15) is 0 Å². The van der Waals surface area contributed by atoms with Crippen LogP contribution in [0.25, 0.3) is 0 Å². The monoisotopic (exact) mass is 132 g/mol. The van der Waals surface area contributed by atoms with Gasteiger partial charge < -0.3 is 16.2 Å². The molecule has 4 N–H and O–H groups in total. The molecule has 0 unspecified atom stereocenters. The standard InChI is InChI=1S/C5H12N2O2/c1-4(2-6)7-5(9)3-8/h4,8H,2-3,6H2,1H3,(H,7,9)/t4-/m0/s1. The van der Waals surface area contributed by atoms with Gasteiger partial charge in [-0.3, -0.25) is 4.79 Å². The number of aliphatic hydroxyl groups is 1. The van der Waals surface area contributed by atoms with Crippen LogP contribution in [0.4, 0.5) is 0 Å². The summed E-state index contributed by atoms with van der Waals surface area (Å²) >= 11 is 0. The van der Waals surface area contributed by atoms with Crippen LogP contribution in [0, 0.1) is 0 Å². The molecule has 0 aliphatic rings. The molecule has 0 aromatic rings. The molecule has 1 atom stereocenters. The molecular formula is C5H12N2O2. The summed E-state index contributed by atoms with van der Waals surface area (Å²) in [5, 5.41) is 10.7. The summed E-state index contributed by atoms with van der Waals surface area (Å²) in [6, 6.07) is -0.0513. The summed E-state index contributed by atoms with van der Waals surface area (Å²) in [5.74, 6) is -0.382. The van der Waals surface area contributed by atoms with Gasteiger partial charge >= 0.3 is 0 Å². The molecule has 0 saturated heterocycles. The number of amides is 1. The first kappa shape index (κ1) is 8.39. The summed E-state index contributed by atoms with van der Waals surface area (Å²) in [4.78, 5) is 10.4. The van der Waals surface area contributed by atoms with Crippen molar-refractivity contribution in [2.75, 3.05) is 13.2 Å². The van der Waals surface area contributed by atoms with E-state index in [1.54, 1.807) is 6.92 Å². The Kier molecular flexibility index (Phi) is 4.00. The quantitative estimate of drug-likeness (QED) is 0.435. The Balaban J connectivity index is 3.34. The summed E-state index contributed by atoms with van der Waals surface area (Å²) < 4.78 is 0. The molecule has 0 aliphatic carbocycles. The summed E-state index contributed by atoms with van der Waals surface area (Å²) in [6.07, 6.45) is 0. The maximum absolute atomic E-state index is 10.4. The van der Waals surface area contributed by atoms with E-state index in [2.05, 4.69) is 5.32 Å². The van der Waals surface area contributed by atoms with Gasteiger partial charge in [0.05, 0.1) is 0 Å². The van der Waals surface area contributed by atoms with Gasteiger partial charge in [0, 0.05) is 12.6 Å². The molecule has 0 saturated carbocycles. The van der Waals surface area contributed by atoms with Gasteiger partial charge in [-0.1, -0.05) is 0 Å². The van der Waals surface area contributed by atoms with Crippen molar-refractivity contribution < 1.29 is 9.90 Å². The first-order valence-electron chi connectivity index (χ1n) is 2.81. The third kappa shape index (κ3) is 3.93. The Morgan fingerprint density at radius 1 is 1.89 bits per heavy atom. The minimum atomic E-state index is -0.468. The van der Waals surface area contributed by atoms with Crippen LogP contribution in [0.1, 0.15) is 6.92 Å². The average molecular weight is 132 g/mol. The van der Waals surface area contributed by atoms with Crippen molar-refractivity contribution in [1.82, 2.24) is 5.32 Å². The molecule has 0 spiro atoms. The Morgan fingerprint density at radius 2 is 2.44 bits per heavy atom. The normalized spacial score (nSPS) is 12.8. The molecule has 0 heterocycles. The number of carbonyl (C=O) groups excluding carboxylic acids is 1. The van der Waals surface area contributed by atoms with Crippen LogP contribution in [0.5, 0.6) is 0 Å². The largest absolute Gasteiger partial charge is 0.387 e. The van der Waals surface area contributed by atoms with Crippen molar-refractivity contribution in [3.63, 3.8) is 0 Å². The van der Waals surface area contributed by atoms with Crippen LogP contribution in [0.2, 0.25) is 0 Å². The number of hydrogen-bond donors (Lipinski definition) is 3. The molecule has 0 radical (unpaired) electrons. The van der Waals surface area contributed by atoms with Gasteiger partial charge in [-0.05, 0) is 6.92 Å². The lowest BCUT2D eigenvalue weighted by Gasteiger charge is -2.08. The number of nitrogens with two attached hydrogens (primary N) is 1. The Labute approximate surface area is 54.0 Å². The fourth-order valence-corrected chi connectivity index (χ4v) is 0.379. The van der Waals surface area contributed by atoms with Crippen LogP contribution < -0.4 is 11.1 Å². The molecule has 4 nitrogen and oxygen atoms in total. The highest BCUT2D eigenvalue weighted by Crippen LogP contribution is 1.74. The average Bonchev–Trinajstić information content (AvgIpc) is 1.87. The number of rotatable bonds is 3. The molecule has 0 rings (SSSR count). The second-order valence-electron chi connectivity index (χ2n) is 1.86. The van der Waals surface area contributed by atoms with Crippen LogP contribution in [0.3, 0.4) is 0 Å². The smallest absolute Gasteiger partial charge is 0.245 e. The Bertz CT molecular complexity index is 95.0. The summed E-state index contributed by atoms with van der Waals surface area (Å²) in [7, 11) is 0. The van der Waals surface area contributed by atoms with Gasteiger partial charge in [0.15, 0.2) is 0 Å². The molecule has 0 aromatic heterocycles. The first-order valence-corrected chi connectivity index (χ1v) is 2.81. The second kappa shape index (κ2) is 4.29. The van der Waals surface area contributed by atoms with E-state index in [0.717, 1.165) is 0 Å². The van der Waals surface area contributed by atoms with Crippen LogP contribution in [0.15, 0.2) is 0 Å². The van der Waals surface area contributed by atoms with Gasteiger partial charge in [0.2, 0.25) is 5.91 Å². The molecule has 4 heteroatoms. The van der Waals surface area contributed by atoms with E-state index in [4.69, 9.17) is 10.8 Å². The lowest BCUT2D eigenvalue weighted by Crippen LogP contribution is -2.39. The zero-order valence-corrected chi connectivity index (χ0v) is 5.42. The van der Waals surface area contributed by atoms with Crippen molar-refractivity contribution in [3.05, 3.63) is 0 Å². The predicted molar refractivity (Wildman–Crippen MR) is 33.7 cm³/mol. The van der Waals surface area contributed by atoms with Gasteiger partial charge in [0.25, 0.3) is 0 Å². The van der Waals surface area contributed by atoms with E-state index in [1.807, 2.05) is 0 Å². The molecular weight excluding hydrogens is 120 g/mol. The van der Waals surface area contributed by atoms with Crippen LogP contribution in [-0.2, 0) is 4.79 Å². The topological polar surface area (TPSA) is 75.3 Å². The molecule has 1 amide bonds. The van der Waals surface area contributed by atoms with E-state index in [9.17, 15) is 4.79 Å². The Morgan fingerprint density at radius 3 is 2.78 bits per heavy atom. The van der Waals surface area contributed by atoms with E-state index in [1.165, 1.54) is 0 Å². The third-order valence-corrected chi connectivity index (χ3v) is 0.905. The highest BCUT2D eigenvalue weighted by Gasteiger charge is 2.01. The van der Waals surface area contributed by atoms with Crippen molar-refractivity contribution >= 4 is 5.91 Å². The van der Waals surface area contributed by atoms with Gasteiger partial charge in [-0.25, -0.2) is 0 Å². The lowest BCUT2D eigenvalue weighted by molar-refractivity contribution is -0.124. The molecule has 0 aliphatic heterocycles. The van der Waals surface area contributed by atoms with E-state index >= 15 is 0 Å². The van der Waals surface area contributed by atoms with E-state index in [-0.39, 0.29) is 11.9 Å². The number of hydrogen-bond acceptors (Lipinski definition) is 3. The van der Waals surface area contributed by atoms with E-state index in [0.29, 0.717) is 6.54 Å². The van der Waals surface area contributed by atoms with Crippen molar-refractivity contribution in [1.29, 1.82) is 0 Å². The second-order valence-corrected chi connectivity index (χ2v) is 1.86. The molecule has 0 aromatic carbocycles. The van der Waals surface area contributed by atoms with Crippen LogP contribution in [-0.4, -0.2) is 30.2 Å². The zero-order chi connectivity index (χ0) is 7.28. The van der Waals surface area contributed by atoms with E-state index < -0.39 is 6.61 Å². The third-order valence-electron chi connectivity index (χ3n) is 0.905. The predicted octanol–water partition coefficient (Wildman–Crippen LogP) is -1.56. The maximum Gasteiger partial charge on any atom is 0.245 e. The minimum Gasteiger partial charge on any atom is -0.387 e. The van der Waals surface area contributed by atoms with Crippen molar-refractivity contribution in [2.45, 2.75) is 13.0 Å². The van der Waals surface area contributed by atoms with Gasteiger partial charge in [0.1, 0.15) is 6.61 Å². The van der Waals surface area contributed by atoms with Crippen LogP contribution >= 0.6 is 0 Å². The highest BCUT2D eigenvalue weighted by atomic mass is 16.3. The molecule has 0 fully saturated rings. The molecule has 0 bridgehead atoms. The molecule has 9 heavy (non-hydrogen) atoms. The number of carbonyl (C=O) groups is 1. The number of aliphatic hydroxyl groups excluding tert-OH is 1. The SMILES string of the molecule is C[C@@H](CN)NC(=O)CO. The maximum atomic E-state index is 10.4. The summed E-state index contributed by atoms with van der Waals surface area (Å²) in [5.41, 5.74) is 5.18. The lowest BCUT2D eigenvalue weighted by atomic mass is 10.3.